The minimum atomic E-state index is -3.17. The van der Waals surface area contributed by atoms with E-state index in [9.17, 15) is 8.42 Å². The summed E-state index contributed by atoms with van der Waals surface area (Å²) in [4.78, 5) is 4.65. The van der Waals surface area contributed by atoms with Crippen LogP contribution in [0.1, 0.15) is 32.6 Å². The zero-order chi connectivity index (χ0) is 21.6. The number of aromatic amines is 1. The number of sulfonamides is 1. The van der Waals surface area contributed by atoms with Crippen LogP contribution >= 0.6 is 0 Å². The number of pyridine rings is 1. The second kappa shape index (κ2) is 7.79. The highest BCUT2D eigenvalue weighted by Crippen LogP contribution is 2.34. The molecule has 0 spiro atoms. The Morgan fingerprint density at radius 2 is 2.10 bits per heavy atom. The summed E-state index contributed by atoms with van der Waals surface area (Å²) in [6.07, 6.45) is 9.01. The highest BCUT2D eigenvalue weighted by atomic mass is 32.2. The summed E-state index contributed by atoms with van der Waals surface area (Å²) in [6.45, 7) is 3.03. The van der Waals surface area contributed by atoms with Gasteiger partial charge in [-0.25, -0.2) is 12.7 Å². The van der Waals surface area contributed by atoms with E-state index < -0.39 is 10.0 Å². The second-order valence-electron chi connectivity index (χ2n) is 8.55. The topological polar surface area (TPSA) is 118 Å². The Labute approximate surface area is 181 Å². The number of anilines is 1. The molecular formula is C20H27N7O3S. The molecule has 0 unspecified atom stereocenters. The molecular weight excluding hydrogens is 418 g/mol. The first-order valence-electron chi connectivity index (χ1n) is 10.7. The highest BCUT2D eigenvalue weighted by molar-refractivity contribution is 7.88. The summed E-state index contributed by atoms with van der Waals surface area (Å²) in [5.41, 5.74) is 2.55. The van der Waals surface area contributed by atoms with E-state index in [1.54, 1.807) is 10.7 Å². The number of H-pyrrole nitrogens is 1. The van der Waals surface area contributed by atoms with Crippen LogP contribution in [0.2, 0.25) is 0 Å². The fourth-order valence-electron chi connectivity index (χ4n) is 4.15. The molecule has 2 atom stereocenters. The standard InChI is InChI=1S/C20H27N7O3S/c1-13-12-26(31(2,28)29)9-8-17(13)23-20-24-18-7-6-16(14-10-21-22-11-14)19(27(18)25-20)30-15-4-3-5-15/h6-7,10-11,13,15,17H,3-5,8-9,12H2,1-2H3,(H,21,22)(H,23,25)/t13-,17+/m1/s1. The van der Waals surface area contributed by atoms with Crippen LogP contribution in [0.4, 0.5) is 5.95 Å². The molecule has 2 fully saturated rings. The Morgan fingerprint density at radius 1 is 1.26 bits per heavy atom. The molecule has 2 aliphatic rings. The molecule has 11 heteroatoms. The number of piperidine rings is 1. The Bertz CT molecular complexity index is 1170. The van der Waals surface area contributed by atoms with Crippen LogP contribution in [0.5, 0.6) is 5.88 Å². The first-order chi connectivity index (χ1) is 14.9. The van der Waals surface area contributed by atoms with Crippen LogP contribution in [0.25, 0.3) is 16.8 Å². The van der Waals surface area contributed by atoms with Crippen molar-refractivity contribution in [2.45, 2.75) is 44.8 Å². The molecule has 1 saturated heterocycles. The van der Waals surface area contributed by atoms with E-state index in [-0.39, 0.29) is 18.1 Å². The van der Waals surface area contributed by atoms with Crippen molar-refractivity contribution in [2.75, 3.05) is 24.7 Å². The molecule has 31 heavy (non-hydrogen) atoms. The minimum Gasteiger partial charge on any atom is -0.474 e. The number of nitrogens with zero attached hydrogens (tertiary/aromatic N) is 5. The Hall–Kier alpha value is -2.66. The van der Waals surface area contributed by atoms with Gasteiger partial charge in [-0.1, -0.05) is 6.92 Å². The molecule has 0 amide bonds. The zero-order valence-corrected chi connectivity index (χ0v) is 18.5. The van der Waals surface area contributed by atoms with Gasteiger partial charge in [-0.15, -0.1) is 5.10 Å². The van der Waals surface area contributed by atoms with Gasteiger partial charge >= 0.3 is 0 Å². The number of rotatable bonds is 6. The second-order valence-corrected chi connectivity index (χ2v) is 10.5. The third-order valence-corrected chi connectivity index (χ3v) is 7.51. The predicted octanol–water partition coefficient (Wildman–Crippen LogP) is 2.13. The van der Waals surface area contributed by atoms with Crippen molar-refractivity contribution in [2.24, 2.45) is 5.92 Å². The molecule has 0 bridgehead atoms. The van der Waals surface area contributed by atoms with Gasteiger partial charge in [0, 0.05) is 36.5 Å². The number of ether oxygens (including phenoxy) is 1. The molecule has 0 aromatic carbocycles. The molecule has 3 aromatic rings. The maximum Gasteiger partial charge on any atom is 0.243 e. The fourth-order valence-corrected chi connectivity index (χ4v) is 5.10. The largest absolute Gasteiger partial charge is 0.474 e. The average Bonchev–Trinajstić information content (AvgIpc) is 3.34. The van der Waals surface area contributed by atoms with Crippen LogP contribution in [0, 0.1) is 5.92 Å². The first-order valence-corrected chi connectivity index (χ1v) is 12.5. The van der Waals surface area contributed by atoms with Gasteiger partial charge in [0.05, 0.1) is 12.5 Å². The van der Waals surface area contributed by atoms with Gasteiger partial charge in [0.2, 0.25) is 21.9 Å². The van der Waals surface area contributed by atoms with Gasteiger partial charge in [0.15, 0.2) is 5.65 Å². The van der Waals surface area contributed by atoms with Crippen molar-refractivity contribution in [3.05, 3.63) is 24.5 Å². The molecule has 10 nitrogen and oxygen atoms in total. The third kappa shape index (κ3) is 3.99. The van der Waals surface area contributed by atoms with Crippen molar-refractivity contribution in [1.29, 1.82) is 0 Å². The van der Waals surface area contributed by atoms with E-state index in [0.29, 0.717) is 37.0 Å². The highest BCUT2D eigenvalue weighted by Gasteiger charge is 2.31. The smallest absolute Gasteiger partial charge is 0.243 e. The summed E-state index contributed by atoms with van der Waals surface area (Å²) in [5, 5.41) is 15.0. The van der Waals surface area contributed by atoms with Crippen molar-refractivity contribution in [3.8, 4) is 17.0 Å². The summed E-state index contributed by atoms with van der Waals surface area (Å²) >= 11 is 0. The molecule has 5 rings (SSSR count). The number of nitrogens with one attached hydrogen (secondary N) is 2. The van der Waals surface area contributed by atoms with E-state index in [1.165, 1.54) is 17.0 Å². The SMILES string of the molecule is C[C@@H]1CN(S(C)(=O)=O)CC[C@@H]1Nc1nc2ccc(-c3cn[nH]c3)c(OC3CCC3)n2n1. The van der Waals surface area contributed by atoms with Crippen LogP contribution in [0.3, 0.4) is 0 Å². The molecule has 1 aliphatic carbocycles. The van der Waals surface area contributed by atoms with Crippen molar-refractivity contribution in [1.82, 2.24) is 29.1 Å². The number of fused-ring (bicyclic) bond motifs is 1. The van der Waals surface area contributed by atoms with E-state index in [2.05, 4.69) is 20.5 Å². The fraction of sp³-hybridized carbons (Fsp3) is 0.550. The van der Waals surface area contributed by atoms with E-state index in [0.717, 1.165) is 24.0 Å². The van der Waals surface area contributed by atoms with Gasteiger partial charge in [0.25, 0.3) is 0 Å². The Balaban J connectivity index is 1.42. The maximum atomic E-state index is 11.9. The molecule has 3 aromatic heterocycles. The van der Waals surface area contributed by atoms with Crippen molar-refractivity contribution >= 4 is 21.6 Å². The Morgan fingerprint density at radius 3 is 2.74 bits per heavy atom. The molecule has 0 radical (unpaired) electrons. The van der Waals surface area contributed by atoms with Gasteiger partial charge in [-0.05, 0) is 43.7 Å². The zero-order valence-electron chi connectivity index (χ0n) is 17.7. The van der Waals surface area contributed by atoms with E-state index in [1.807, 2.05) is 25.3 Å². The summed E-state index contributed by atoms with van der Waals surface area (Å²) < 4.78 is 33.3. The average molecular weight is 446 g/mol. The number of hydrogen-bond acceptors (Lipinski definition) is 7. The normalized spacial score (nSPS) is 23.0. The van der Waals surface area contributed by atoms with Crippen LogP contribution in [0.15, 0.2) is 24.5 Å². The lowest BCUT2D eigenvalue weighted by Crippen LogP contribution is -2.47. The van der Waals surface area contributed by atoms with Crippen molar-refractivity contribution < 1.29 is 13.2 Å². The molecule has 2 N–H and O–H groups in total. The van der Waals surface area contributed by atoms with Gasteiger partial charge in [-0.3, -0.25) is 5.10 Å². The monoisotopic (exact) mass is 445 g/mol. The summed E-state index contributed by atoms with van der Waals surface area (Å²) in [6, 6.07) is 4.00. The molecule has 1 aliphatic heterocycles. The predicted molar refractivity (Wildman–Crippen MR) is 116 cm³/mol. The maximum absolute atomic E-state index is 11.9. The van der Waals surface area contributed by atoms with Gasteiger partial charge < -0.3 is 10.1 Å². The molecule has 1 saturated carbocycles. The van der Waals surface area contributed by atoms with Crippen LogP contribution in [-0.2, 0) is 10.0 Å². The summed E-state index contributed by atoms with van der Waals surface area (Å²) in [5.74, 6) is 1.33. The first kappa shape index (κ1) is 20.3. The van der Waals surface area contributed by atoms with E-state index in [4.69, 9.17) is 9.84 Å². The lowest BCUT2D eigenvalue weighted by atomic mass is 9.95. The van der Waals surface area contributed by atoms with Gasteiger partial charge in [-0.2, -0.15) is 14.6 Å². The Kier molecular flexibility index (Phi) is 5.09. The molecule has 166 valence electrons. The van der Waals surface area contributed by atoms with Gasteiger partial charge in [0.1, 0.15) is 6.10 Å². The lowest BCUT2D eigenvalue weighted by Gasteiger charge is -2.35. The third-order valence-electron chi connectivity index (χ3n) is 6.25. The van der Waals surface area contributed by atoms with Crippen molar-refractivity contribution in [3.63, 3.8) is 0 Å². The minimum absolute atomic E-state index is 0.0970. The van der Waals surface area contributed by atoms with E-state index >= 15 is 0 Å². The molecule has 4 heterocycles. The number of aromatic nitrogens is 5. The lowest BCUT2D eigenvalue weighted by molar-refractivity contribution is 0.112. The van der Waals surface area contributed by atoms with Crippen LogP contribution in [-0.4, -0.2) is 69.0 Å². The van der Waals surface area contributed by atoms with Crippen LogP contribution < -0.4 is 10.1 Å². The number of hydrogen-bond donors (Lipinski definition) is 2. The summed E-state index contributed by atoms with van der Waals surface area (Å²) in [7, 11) is -3.17. The quantitative estimate of drug-likeness (QED) is 0.597.